The number of phenols is 1. The average molecular weight is 321 g/mol. The zero-order valence-electron chi connectivity index (χ0n) is 14.1. The van der Waals surface area contributed by atoms with Crippen LogP contribution in [0.2, 0.25) is 0 Å². The summed E-state index contributed by atoms with van der Waals surface area (Å²) in [6.07, 6.45) is 2.15. The Balaban J connectivity index is 2.44. The van der Waals surface area contributed by atoms with Gasteiger partial charge in [-0.05, 0) is 36.0 Å². The molecule has 6 nitrogen and oxygen atoms in total. The third-order valence-electron chi connectivity index (χ3n) is 3.41. The maximum absolute atomic E-state index is 11.9. The molecule has 0 aliphatic carbocycles. The third-order valence-corrected chi connectivity index (χ3v) is 3.41. The molecule has 0 spiro atoms. The second-order valence-electron chi connectivity index (χ2n) is 6.89. The summed E-state index contributed by atoms with van der Waals surface area (Å²) >= 11 is 0. The van der Waals surface area contributed by atoms with Gasteiger partial charge in [0.2, 0.25) is 5.91 Å². The van der Waals surface area contributed by atoms with Gasteiger partial charge in [-0.25, -0.2) is 4.79 Å². The van der Waals surface area contributed by atoms with Crippen molar-refractivity contribution in [3.8, 4) is 5.75 Å². The number of urea groups is 1. The molecule has 0 bridgehead atoms. The van der Waals surface area contributed by atoms with E-state index in [1.165, 1.54) is 12.1 Å². The Bertz CT molecular complexity index is 521. The zero-order valence-corrected chi connectivity index (χ0v) is 14.1. The monoisotopic (exact) mass is 321 g/mol. The standard InChI is InChI=1S/C17H27N3O3/c1-17(2,3)9-4-10-19-16(23)20-14(15(18)22)11-12-5-7-13(21)8-6-12/h5-8,14,21H,4,9-11H2,1-3H3,(H2,18,22)(H2,19,20,23)/t14-/m0/s1. The molecule has 3 amide bonds. The van der Waals surface area contributed by atoms with Crippen molar-refractivity contribution in [3.63, 3.8) is 0 Å². The van der Waals surface area contributed by atoms with Crippen LogP contribution in [0.1, 0.15) is 39.2 Å². The van der Waals surface area contributed by atoms with Gasteiger partial charge in [0, 0.05) is 13.0 Å². The second kappa shape index (κ2) is 8.41. The van der Waals surface area contributed by atoms with E-state index in [2.05, 4.69) is 31.4 Å². The predicted molar refractivity (Wildman–Crippen MR) is 90.0 cm³/mol. The van der Waals surface area contributed by atoms with E-state index in [9.17, 15) is 14.7 Å². The molecule has 0 heterocycles. The zero-order chi connectivity index (χ0) is 17.5. The molecule has 0 fully saturated rings. The minimum absolute atomic E-state index is 0.147. The van der Waals surface area contributed by atoms with Crippen molar-refractivity contribution in [3.05, 3.63) is 29.8 Å². The number of benzene rings is 1. The number of carbonyl (C=O) groups excluding carboxylic acids is 2. The van der Waals surface area contributed by atoms with E-state index < -0.39 is 18.0 Å². The highest BCUT2D eigenvalue weighted by atomic mass is 16.3. The molecule has 0 aliphatic heterocycles. The van der Waals surface area contributed by atoms with Crippen LogP contribution >= 0.6 is 0 Å². The molecule has 1 aromatic rings. The normalized spacial score (nSPS) is 12.5. The van der Waals surface area contributed by atoms with Gasteiger partial charge >= 0.3 is 6.03 Å². The van der Waals surface area contributed by atoms with Crippen LogP contribution in [0.4, 0.5) is 4.79 Å². The first-order valence-electron chi connectivity index (χ1n) is 7.79. The number of amides is 3. The first-order chi connectivity index (χ1) is 10.7. The molecular weight excluding hydrogens is 294 g/mol. The first-order valence-corrected chi connectivity index (χ1v) is 7.79. The van der Waals surface area contributed by atoms with Gasteiger partial charge in [-0.15, -0.1) is 0 Å². The Morgan fingerprint density at radius 1 is 1.22 bits per heavy atom. The van der Waals surface area contributed by atoms with Crippen LogP contribution in [0.5, 0.6) is 5.75 Å². The van der Waals surface area contributed by atoms with E-state index in [1.807, 2.05) is 0 Å². The van der Waals surface area contributed by atoms with Crippen LogP contribution in [0.25, 0.3) is 0 Å². The molecular formula is C17H27N3O3. The molecule has 128 valence electrons. The second-order valence-corrected chi connectivity index (χ2v) is 6.89. The quantitative estimate of drug-likeness (QED) is 0.577. The number of aromatic hydroxyl groups is 1. The number of rotatable bonds is 7. The highest BCUT2D eigenvalue weighted by Crippen LogP contribution is 2.19. The van der Waals surface area contributed by atoms with Gasteiger partial charge in [-0.3, -0.25) is 4.79 Å². The van der Waals surface area contributed by atoms with Crippen molar-refractivity contribution < 1.29 is 14.7 Å². The Hall–Kier alpha value is -2.24. The summed E-state index contributed by atoms with van der Waals surface area (Å²) in [4.78, 5) is 23.4. The minimum Gasteiger partial charge on any atom is -0.508 e. The van der Waals surface area contributed by atoms with Crippen molar-refractivity contribution >= 4 is 11.9 Å². The lowest BCUT2D eigenvalue weighted by Crippen LogP contribution is -2.49. The lowest BCUT2D eigenvalue weighted by atomic mass is 9.91. The highest BCUT2D eigenvalue weighted by molar-refractivity contribution is 5.86. The lowest BCUT2D eigenvalue weighted by Gasteiger charge is -2.19. The summed E-state index contributed by atoms with van der Waals surface area (Å²) in [7, 11) is 0. The van der Waals surface area contributed by atoms with E-state index in [-0.39, 0.29) is 17.6 Å². The summed E-state index contributed by atoms with van der Waals surface area (Å²) in [6.45, 7) is 6.99. The fraction of sp³-hybridized carbons (Fsp3) is 0.529. The van der Waals surface area contributed by atoms with Gasteiger partial charge in [0.15, 0.2) is 0 Å². The number of nitrogens with one attached hydrogen (secondary N) is 2. The summed E-state index contributed by atoms with van der Waals surface area (Å²) in [5.41, 5.74) is 6.38. The summed E-state index contributed by atoms with van der Waals surface area (Å²) < 4.78 is 0. The summed E-state index contributed by atoms with van der Waals surface area (Å²) in [5.74, 6) is -0.447. The van der Waals surface area contributed by atoms with Crippen molar-refractivity contribution in [2.24, 2.45) is 11.1 Å². The lowest BCUT2D eigenvalue weighted by molar-refractivity contribution is -0.119. The molecule has 23 heavy (non-hydrogen) atoms. The molecule has 0 saturated heterocycles. The Labute approximate surface area is 137 Å². The van der Waals surface area contributed by atoms with E-state index in [0.717, 1.165) is 18.4 Å². The number of primary amides is 1. The van der Waals surface area contributed by atoms with Crippen LogP contribution in [0, 0.1) is 5.41 Å². The smallest absolute Gasteiger partial charge is 0.315 e. The first kappa shape index (κ1) is 18.8. The van der Waals surface area contributed by atoms with Gasteiger partial charge in [-0.1, -0.05) is 32.9 Å². The maximum Gasteiger partial charge on any atom is 0.315 e. The molecule has 0 aromatic heterocycles. The molecule has 1 rings (SSSR count). The topological polar surface area (TPSA) is 104 Å². The van der Waals surface area contributed by atoms with Gasteiger partial charge < -0.3 is 21.5 Å². The number of hydrogen-bond acceptors (Lipinski definition) is 3. The molecule has 0 radical (unpaired) electrons. The van der Waals surface area contributed by atoms with E-state index in [0.29, 0.717) is 6.54 Å². The number of phenolic OH excluding ortho intramolecular Hbond substituents is 1. The van der Waals surface area contributed by atoms with Crippen molar-refractivity contribution in [2.75, 3.05) is 6.54 Å². The molecule has 0 aliphatic rings. The van der Waals surface area contributed by atoms with Crippen molar-refractivity contribution in [1.29, 1.82) is 0 Å². The SMILES string of the molecule is CC(C)(C)CCCNC(=O)N[C@@H](Cc1ccc(O)cc1)C(N)=O. The summed E-state index contributed by atoms with van der Waals surface area (Å²) in [6, 6.07) is 5.24. The molecule has 1 aromatic carbocycles. The van der Waals surface area contributed by atoms with Crippen LogP contribution in [-0.2, 0) is 11.2 Å². The van der Waals surface area contributed by atoms with Crippen LogP contribution in [-0.4, -0.2) is 29.6 Å². The van der Waals surface area contributed by atoms with E-state index >= 15 is 0 Å². The van der Waals surface area contributed by atoms with Crippen molar-refractivity contribution in [1.82, 2.24) is 10.6 Å². The molecule has 1 atom stereocenters. The molecule has 0 unspecified atom stereocenters. The van der Waals surface area contributed by atoms with Crippen LogP contribution < -0.4 is 16.4 Å². The number of carbonyl (C=O) groups is 2. The average Bonchev–Trinajstić information content (AvgIpc) is 2.44. The predicted octanol–water partition coefficient (Wildman–Crippen LogP) is 1.91. The van der Waals surface area contributed by atoms with Crippen LogP contribution in [0.3, 0.4) is 0 Å². The molecule has 6 heteroatoms. The van der Waals surface area contributed by atoms with E-state index in [4.69, 9.17) is 5.73 Å². The van der Waals surface area contributed by atoms with Gasteiger partial charge in [-0.2, -0.15) is 0 Å². The van der Waals surface area contributed by atoms with Gasteiger partial charge in [0.05, 0.1) is 0 Å². The highest BCUT2D eigenvalue weighted by Gasteiger charge is 2.18. The van der Waals surface area contributed by atoms with Crippen LogP contribution in [0.15, 0.2) is 24.3 Å². The number of nitrogens with two attached hydrogens (primary N) is 1. The Kier molecular flexibility index (Phi) is 6.88. The Morgan fingerprint density at radius 3 is 2.35 bits per heavy atom. The minimum atomic E-state index is -0.790. The fourth-order valence-electron chi connectivity index (χ4n) is 2.12. The van der Waals surface area contributed by atoms with E-state index in [1.54, 1.807) is 12.1 Å². The molecule has 5 N–H and O–H groups in total. The van der Waals surface area contributed by atoms with Gasteiger partial charge in [0.1, 0.15) is 11.8 Å². The van der Waals surface area contributed by atoms with Gasteiger partial charge in [0.25, 0.3) is 0 Å². The Morgan fingerprint density at radius 2 is 1.83 bits per heavy atom. The number of hydrogen-bond donors (Lipinski definition) is 4. The third kappa shape index (κ3) is 8.09. The largest absolute Gasteiger partial charge is 0.508 e. The fourth-order valence-corrected chi connectivity index (χ4v) is 2.12. The molecule has 0 saturated carbocycles. The van der Waals surface area contributed by atoms with Crippen molar-refractivity contribution in [2.45, 2.75) is 46.1 Å². The summed E-state index contributed by atoms with van der Waals surface area (Å²) in [5, 5.41) is 14.6. The maximum atomic E-state index is 11.9.